The molecule has 0 radical (unpaired) electrons. The SMILES string of the molecule is CC(N)C1Cc2cc(Br)ccc2C1=O. The van der Waals surface area contributed by atoms with Crippen molar-refractivity contribution in [3.8, 4) is 0 Å². The van der Waals surface area contributed by atoms with E-state index in [0.717, 1.165) is 22.0 Å². The molecule has 0 amide bonds. The van der Waals surface area contributed by atoms with Gasteiger partial charge in [-0.3, -0.25) is 4.79 Å². The summed E-state index contributed by atoms with van der Waals surface area (Å²) in [5, 5.41) is 0. The lowest BCUT2D eigenvalue weighted by Gasteiger charge is -2.10. The Labute approximate surface area is 91.6 Å². The van der Waals surface area contributed by atoms with Crippen LogP contribution in [-0.2, 0) is 6.42 Å². The first-order chi connectivity index (χ1) is 6.59. The third-order valence-electron chi connectivity index (χ3n) is 2.74. The van der Waals surface area contributed by atoms with E-state index < -0.39 is 0 Å². The topological polar surface area (TPSA) is 43.1 Å². The van der Waals surface area contributed by atoms with E-state index in [1.807, 2.05) is 25.1 Å². The number of rotatable bonds is 1. The minimum atomic E-state index is -0.0614. The molecule has 0 spiro atoms. The van der Waals surface area contributed by atoms with Gasteiger partial charge in [-0.2, -0.15) is 0 Å². The summed E-state index contributed by atoms with van der Waals surface area (Å²) in [6, 6.07) is 5.73. The molecule has 0 saturated heterocycles. The molecule has 2 rings (SSSR count). The highest BCUT2D eigenvalue weighted by Gasteiger charge is 2.32. The monoisotopic (exact) mass is 253 g/mol. The molecule has 1 aliphatic rings. The zero-order chi connectivity index (χ0) is 10.3. The summed E-state index contributed by atoms with van der Waals surface area (Å²) in [6.45, 7) is 1.89. The Bertz CT molecular complexity index is 387. The molecule has 2 N–H and O–H groups in total. The van der Waals surface area contributed by atoms with Gasteiger partial charge >= 0.3 is 0 Å². The Morgan fingerprint density at radius 1 is 1.57 bits per heavy atom. The van der Waals surface area contributed by atoms with Gasteiger partial charge in [-0.25, -0.2) is 0 Å². The second-order valence-corrected chi connectivity index (χ2v) is 4.75. The van der Waals surface area contributed by atoms with Crippen molar-refractivity contribution in [2.75, 3.05) is 0 Å². The van der Waals surface area contributed by atoms with E-state index in [-0.39, 0.29) is 17.7 Å². The van der Waals surface area contributed by atoms with E-state index in [4.69, 9.17) is 5.73 Å². The molecule has 2 atom stereocenters. The third kappa shape index (κ3) is 1.51. The van der Waals surface area contributed by atoms with Crippen LogP contribution in [-0.4, -0.2) is 11.8 Å². The summed E-state index contributed by atoms with van der Waals surface area (Å²) >= 11 is 3.40. The maximum atomic E-state index is 11.9. The Morgan fingerprint density at radius 2 is 2.29 bits per heavy atom. The number of Topliss-reactive ketones (excluding diaryl/α,β-unsaturated/α-hetero) is 1. The van der Waals surface area contributed by atoms with Crippen LogP contribution in [0.1, 0.15) is 22.8 Å². The molecule has 74 valence electrons. The number of fused-ring (bicyclic) bond motifs is 1. The van der Waals surface area contributed by atoms with Gasteiger partial charge in [0.1, 0.15) is 0 Å². The van der Waals surface area contributed by atoms with Gasteiger partial charge in [-0.1, -0.05) is 22.0 Å². The van der Waals surface area contributed by atoms with Gasteiger partial charge < -0.3 is 5.73 Å². The standard InChI is InChI=1S/C11H12BrNO/c1-6(13)10-5-7-4-8(12)2-3-9(7)11(10)14/h2-4,6,10H,5,13H2,1H3. The molecule has 0 heterocycles. The molecule has 0 saturated carbocycles. The Balaban J connectivity index is 2.40. The highest BCUT2D eigenvalue weighted by molar-refractivity contribution is 9.10. The zero-order valence-corrected chi connectivity index (χ0v) is 9.54. The first-order valence-electron chi connectivity index (χ1n) is 4.68. The lowest BCUT2D eigenvalue weighted by Crippen LogP contribution is -2.30. The number of benzene rings is 1. The maximum absolute atomic E-state index is 11.9. The van der Waals surface area contributed by atoms with Crippen molar-refractivity contribution < 1.29 is 4.79 Å². The summed E-state index contributed by atoms with van der Waals surface area (Å²) < 4.78 is 1.02. The number of hydrogen-bond donors (Lipinski definition) is 1. The predicted octanol–water partition coefficient (Wildman–Crippen LogP) is 2.15. The second kappa shape index (κ2) is 3.48. The predicted molar refractivity (Wildman–Crippen MR) is 59.3 cm³/mol. The van der Waals surface area contributed by atoms with Crippen LogP contribution in [0.4, 0.5) is 0 Å². The average Bonchev–Trinajstić information content (AvgIpc) is 2.43. The van der Waals surface area contributed by atoms with E-state index in [9.17, 15) is 4.79 Å². The van der Waals surface area contributed by atoms with Gasteiger partial charge in [0.2, 0.25) is 0 Å². The van der Waals surface area contributed by atoms with Crippen molar-refractivity contribution in [1.82, 2.24) is 0 Å². The minimum Gasteiger partial charge on any atom is -0.327 e. The Hall–Kier alpha value is -0.670. The van der Waals surface area contributed by atoms with Gasteiger partial charge in [0.15, 0.2) is 5.78 Å². The molecule has 1 aliphatic carbocycles. The maximum Gasteiger partial charge on any atom is 0.168 e. The molecule has 2 nitrogen and oxygen atoms in total. The Morgan fingerprint density at radius 3 is 2.93 bits per heavy atom. The summed E-state index contributed by atoms with van der Waals surface area (Å²) in [7, 11) is 0. The lowest BCUT2D eigenvalue weighted by atomic mass is 9.98. The number of nitrogens with two attached hydrogens (primary N) is 1. The fourth-order valence-electron chi connectivity index (χ4n) is 1.93. The van der Waals surface area contributed by atoms with Crippen LogP contribution in [0.3, 0.4) is 0 Å². The van der Waals surface area contributed by atoms with Crippen molar-refractivity contribution in [3.63, 3.8) is 0 Å². The summed E-state index contributed by atoms with van der Waals surface area (Å²) in [5.41, 5.74) is 7.73. The first-order valence-corrected chi connectivity index (χ1v) is 5.47. The van der Waals surface area contributed by atoms with Crippen LogP contribution < -0.4 is 5.73 Å². The van der Waals surface area contributed by atoms with E-state index in [2.05, 4.69) is 15.9 Å². The Kier molecular flexibility index (Phi) is 2.45. The molecule has 0 aliphatic heterocycles. The molecule has 1 aromatic rings. The molecule has 0 aromatic heterocycles. The molecule has 0 fully saturated rings. The molecule has 2 unspecified atom stereocenters. The number of carbonyl (C=O) groups excluding carboxylic acids is 1. The van der Waals surface area contributed by atoms with Crippen LogP contribution in [0.15, 0.2) is 22.7 Å². The number of ketones is 1. The van der Waals surface area contributed by atoms with Crippen molar-refractivity contribution in [3.05, 3.63) is 33.8 Å². The van der Waals surface area contributed by atoms with Gasteiger partial charge in [-0.15, -0.1) is 0 Å². The lowest BCUT2D eigenvalue weighted by molar-refractivity contribution is 0.0924. The summed E-state index contributed by atoms with van der Waals surface area (Å²) in [6.07, 6.45) is 0.783. The minimum absolute atomic E-state index is 0.0284. The largest absolute Gasteiger partial charge is 0.327 e. The molecule has 0 bridgehead atoms. The van der Waals surface area contributed by atoms with Crippen molar-refractivity contribution in [2.24, 2.45) is 11.7 Å². The molecule has 3 heteroatoms. The van der Waals surface area contributed by atoms with Gasteiger partial charge in [0, 0.05) is 22.0 Å². The van der Waals surface area contributed by atoms with E-state index in [0.29, 0.717) is 0 Å². The van der Waals surface area contributed by atoms with Crippen molar-refractivity contribution in [2.45, 2.75) is 19.4 Å². The van der Waals surface area contributed by atoms with Crippen LogP contribution in [0.2, 0.25) is 0 Å². The first kappa shape index (κ1) is 9.87. The van der Waals surface area contributed by atoms with Crippen LogP contribution >= 0.6 is 15.9 Å². The smallest absolute Gasteiger partial charge is 0.168 e. The zero-order valence-electron chi connectivity index (χ0n) is 7.96. The van der Waals surface area contributed by atoms with Gasteiger partial charge in [0.25, 0.3) is 0 Å². The molecule has 14 heavy (non-hydrogen) atoms. The molecular formula is C11H12BrNO. The molecular weight excluding hydrogens is 242 g/mol. The highest BCUT2D eigenvalue weighted by atomic mass is 79.9. The summed E-state index contributed by atoms with van der Waals surface area (Å²) in [4.78, 5) is 11.9. The van der Waals surface area contributed by atoms with Crippen LogP contribution in [0, 0.1) is 5.92 Å². The quantitative estimate of drug-likeness (QED) is 0.834. The fraction of sp³-hybridized carbons (Fsp3) is 0.364. The van der Waals surface area contributed by atoms with Crippen LogP contribution in [0.5, 0.6) is 0 Å². The van der Waals surface area contributed by atoms with E-state index in [1.54, 1.807) is 0 Å². The number of halogens is 1. The third-order valence-corrected chi connectivity index (χ3v) is 3.24. The number of carbonyl (C=O) groups is 1. The highest BCUT2D eigenvalue weighted by Crippen LogP contribution is 2.30. The van der Waals surface area contributed by atoms with Crippen LogP contribution in [0.25, 0.3) is 0 Å². The van der Waals surface area contributed by atoms with Gasteiger partial charge in [-0.05, 0) is 31.0 Å². The van der Waals surface area contributed by atoms with Crippen molar-refractivity contribution in [1.29, 1.82) is 0 Å². The normalized spacial score (nSPS) is 22.2. The van der Waals surface area contributed by atoms with Crippen molar-refractivity contribution >= 4 is 21.7 Å². The number of hydrogen-bond acceptors (Lipinski definition) is 2. The van der Waals surface area contributed by atoms with Gasteiger partial charge in [0.05, 0.1) is 0 Å². The average molecular weight is 254 g/mol. The van der Waals surface area contributed by atoms with E-state index >= 15 is 0 Å². The fourth-order valence-corrected chi connectivity index (χ4v) is 2.33. The molecule has 1 aromatic carbocycles. The van der Waals surface area contributed by atoms with E-state index in [1.165, 1.54) is 0 Å². The summed E-state index contributed by atoms with van der Waals surface area (Å²) in [5.74, 6) is 0.168. The second-order valence-electron chi connectivity index (χ2n) is 3.84.